The summed E-state index contributed by atoms with van der Waals surface area (Å²) >= 11 is 4.86. The van der Waals surface area contributed by atoms with Crippen molar-refractivity contribution >= 4 is 17.3 Å². The van der Waals surface area contributed by atoms with Gasteiger partial charge in [-0.05, 0) is 0 Å². The fourth-order valence-electron chi connectivity index (χ4n) is 0.114. The van der Waals surface area contributed by atoms with E-state index in [0.29, 0.717) is 6.61 Å². The standard InChI is InChI=1S/C4H5ClNO/c1-2-3-7-6-4-5/h2H,1,3H2. The molecule has 3 heteroatoms. The first-order valence-electron chi connectivity index (χ1n) is 1.70. The molecule has 0 unspecified atom stereocenters. The zero-order valence-corrected chi connectivity index (χ0v) is 4.48. The van der Waals surface area contributed by atoms with E-state index in [2.05, 4.69) is 16.6 Å². The van der Waals surface area contributed by atoms with Crippen molar-refractivity contribution in [3.05, 3.63) is 12.7 Å². The van der Waals surface area contributed by atoms with Gasteiger partial charge in [0.05, 0.1) is 0 Å². The van der Waals surface area contributed by atoms with Crippen LogP contribution in [0.4, 0.5) is 0 Å². The van der Waals surface area contributed by atoms with Crippen molar-refractivity contribution in [2.75, 3.05) is 6.61 Å². The summed E-state index contributed by atoms with van der Waals surface area (Å²) < 4.78 is 0. The number of nitrogens with zero attached hydrogens (tertiary/aromatic N) is 1. The van der Waals surface area contributed by atoms with E-state index in [1.807, 2.05) is 5.67 Å². The van der Waals surface area contributed by atoms with E-state index in [1.165, 1.54) is 0 Å². The smallest absolute Gasteiger partial charge is 0.209 e. The Bertz CT molecular complexity index is 72.1. The molecule has 0 atom stereocenters. The molecule has 0 aromatic rings. The minimum Gasteiger partial charge on any atom is -0.390 e. The van der Waals surface area contributed by atoms with Gasteiger partial charge in [0.2, 0.25) is 5.67 Å². The highest BCUT2D eigenvalue weighted by Gasteiger charge is 1.67. The summed E-state index contributed by atoms with van der Waals surface area (Å²) in [5, 5.41) is 3.11. The molecule has 0 bridgehead atoms. The van der Waals surface area contributed by atoms with E-state index < -0.39 is 0 Å². The van der Waals surface area contributed by atoms with Crippen LogP contribution in [-0.2, 0) is 4.84 Å². The van der Waals surface area contributed by atoms with Crippen LogP contribution in [0.2, 0.25) is 0 Å². The molecule has 0 aliphatic rings. The van der Waals surface area contributed by atoms with Crippen LogP contribution in [0.5, 0.6) is 0 Å². The Hall–Kier alpha value is -0.500. The van der Waals surface area contributed by atoms with Gasteiger partial charge in [-0.2, -0.15) is 0 Å². The van der Waals surface area contributed by atoms with Crippen molar-refractivity contribution in [2.24, 2.45) is 5.16 Å². The van der Waals surface area contributed by atoms with Crippen LogP contribution in [0.3, 0.4) is 0 Å². The van der Waals surface area contributed by atoms with Gasteiger partial charge in [0, 0.05) is 0 Å². The third-order valence-corrected chi connectivity index (χ3v) is 0.360. The molecule has 0 N–H and O–H groups in total. The van der Waals surface area contributed by atoms with Crippen LogP contribution in [0.25, 0.3) is 0 Å². The van der Waals surface area contributed by atoms with E-state index in [4.69, 9.17) is 11.6 Å². The second kappa shape index (κ2) is 5.50. The highest BCUT2D eigenvalue weighted by molar-refractivity contribution is 6.56. The van der Waals surface area contributed by atoms with Gasteiger partial charge in [0.1, 0.15) is 6.61 Å². The fourth-order valence-corrected chi connectivity index (χ4v) is 0.163. The number of halogens is 1. The monoisotopic (exact) mass is 118 g/mol. The maximum absolute atomic E-state index is 4.86. The van der Waals surface area contributed by atoms with Crippen molar-refractivity contribution in [3.63, 3.8) is 0 Å². The normalized spacial score (nSPS) is 9.29. The highest BCUT2D eigenvalue weighted by Crippen LogP contribution is 1.74. The van der Waals surface area contributed by atoms with Gasteiger partial charge >= 0.3 is 0 Å². The Kier molecular flexibility index (Phi) is 5.11. The molecule has 39 valence electrons. The first kappa shape index (κ1) is 6.50. The lowest BCUT2D eigenvalue weighted by Gasteiger charge is -1.84. The quantitative estimate of drug-likeness (QED) is 0.237. The van der Waals surface area contributed by atoms with E-state index >= 15 is 0 Å². The fraction of sp³-hybridized carbons (Fsp3) is 0.250. The third kappa shape index (κ3) is 5.50. The number of hydrogen-bond acceptors (Lipinski definition) is 2. The van der Waals surface area contributed by atoms with Crippen LogP contribution in [-0.4, -0.2) is 12.3 Å². The molecular formula is C4H5ClNO. The minimum atomic E-state index is 0.375. The molecule has 0 heterocycles. The molecular weight excluding hydrogens is 114 g/mol. The van der Waals surface area contributed by atoms with Crippen molar-refractivity contribution in [3.8, 4) is 0 Å². The summed E-state index contributed by atoms with van der Waals surface area (Å²) in [7, 11) is 0. The summed E-state index contributed by atoms with van der Waals surface area (Å²) in [4.78, 5) is 4.40. The second-order valence-electron chi connectivity index (χ2n) is 0.760. The van der Waals surface area contributed by atoms with Crippen molar-refractivity contribution in [2.45, 2.75) is 0 Å². The molecule has 0 fully saturated rings. The second-order valence-corrected chi connectivity index (χ2v) is 0.929. The average Bonchev–Trinajstić information content (AvgIpc) is 1.69. The first-order valence-corrected chi connectivity index (χ1v) is 2.08. The van der Waals surface area contributed by atoms with Crippen LogP contribution < -0.4 is 0 Å². The van der Waals surface area contributed by atoms with Gasteiger partial charge in [-0.15, -0.1) is 0 Å². The summed E-state index contributed by atoms with van der Waals surface area (Å²) in [5.74, 6) is 0. The van der Waals surface area contributed by atoms with Gasteiger partial charge in [-0.1, -0.05) is 29.4 Å². The molecule has 2 nitrogen and oxygen atoms in total. The molecule has 0 spiro atoms. The Morgan fingerprint density at radius 1 is 2.00 bits per heavy atom. The average molecular weight is 119 g/mol. The Morgan fingerprint density at radius 2 is 2.71 bits per heavy atom. The maximum atomic E-state index is 4.86. The third-order valence-electron chi connectivity index (χ3n) is 0.291. The zero-order chi connectivity index (χ0) is 5.54. The lowest BCUT2D eigenvalue weighted by molar-refractivity contribution is 0.177. The molecule has 1 radical (unpaired) electrons. The Balaban J connectivity index is 2.82. The van der Waals surface area contributed by atoms with Crippen molar-refractivity contribution < 1.29 is 4.84 Å². The van der Waals surface area contributed by atoms with E-state index in [9.17, 15) is 0 Å². The molecule has 0 aromatic carbocycles. The lowest BCUT2D eigenvalue weighted by Crippen LogP contribution is -1.77. The predicted octanol–water partition coefficient (Wildman–Crippen LogP) is 1.25. The van der Waals surface area contributed by atoms with Crippen molar-refractivity contribution in [1.29, 1.82) is 0 Å². The zero-order valence-electron chi connectivity index (χ0n) is 3.72. The first-order chi connectivity index (χ1) is 3.41. The summed E-state index contributed by atoms with van der Waals surface area (Å²) in [6.45, 7) is 3.75. The van der Waals surface area contributed by atoms with E-state index in [-0.39, 0.29) is 0 Å². The van der Waals surface area contributed by atoms with Gasteiger partial charge in [0.25, 0.3) is 0 Å². The largest absolute Gasteiger partial charge is 0.390 e. The van der Waals surface area contributed by atoms with Crippen LogP contribution >= 0.6 is 11.6 Å². The predicted molar refractivity (Wildman–Crippen MR) is 29.4 cm³/mol. The molecule has 7 heavy (non-hydrogen) atoms. The van der Waals surface area contributed by atoms with E-state index in [1.54, 1.807) is 6.08 Å². The molecule has 0 saturated carbocycles. The van der Waals surface area contributed by atoms with Gasteiger partial charge in [-0.25, -0.2) is 0 Å². The Morgan fingerprint density at radius 3 is 3.14 bits per heavy atom. The summed E-state index contributed by atoms with van der Waals surface area (Å²) in [5.41, 5.74) is 1.93. The van der Waals surface area contributed by atoms with Crippen LogP contribution in [0.1, 0.15) is 0 Å². The SMILES string of the molecule is C=CCO/N=[C]\Cl. The molecule has 0 aliphatic heterocycles. The summed E-state index contributed by atoms with van der Waals surface area (Å²) in [6, 6.07) is 0. The van der Waals surface area contributed by atoms with E-state index in [0.717, 1.165) is 0 Å². The highest BCUT2D eigenvalue weighted by atomic mass is 35.5. The van der Waals surface area contributed by atoms with Gasteiger partial charge in [-0.3, -0.25) is 0 Å². The number of hydrogen-bond donors (Lipinski definition) is 0. The summed E-state index contributed by atoms with van der Waals surface area (Å²) in [6.07, 6.45) is 1.57. The van der Waals surface area contributed by atoms with Crippen LogP contribution in [0.15, 0.2) is 17.8 Å². The lowest BCUT2D eigenvalue weighted by atomic mass is 10.7. The van der Waals surface area contributed by atoms with Crippen molar-refractivity contribution in [1.82, 2.24) is 0 Å². The van der Waals surface area contributed by atoms with Gasteiger partial charge in [0.15, 0.2) is 0 Å². The van der Waals surface area contributed by atoms with Crippen LogP contribution in [0, 0.1) is 0 Å². The van der Waals surface area contributed by atoms with Gasteiger partial charge < -0.3 is 4.84 Å². The number of rotatable bonds is 3. The minimum absolute atomic E-state index is 0.375. The molecule has 0 saturated heterocycles. The molecule has 0 aliphatic carbocycles. The Labute approximate surface area is 47.4 Å². The maximum Gasteiger partial charge on any atom is 0.209 e. The topological polar surface area (TPSA) is 21.6 Å². The molecule has 0 amide bonds. The molecule has 0 aromatic heterocycles. The molecule has 0 rings (SSSR count).